The van der Waals surface area contributed by atoms with Crippen LogP contribution < -0.4 is 0 Å². The Morgan fingerprint density at radius 2 is 1.83 bits per heavy atom. The molecule has 7 heteroatoms. The molecule has 0 spiro atoms. The first-order valence-electron chi connectivity index (χ1n) is 8.44. The topological polar surface area (TPSA) is 53.8 Å². The normalized spacial score (nSPS) is 11.9. The fourth-order valence-electron chi connectivity index (χ4n) is 3.08. The number of hydrogen-bond acceptors (Lipinski definition) is 3. The van der Waals surface area contributed by atoms with Gasteiger partial charge in [-0.1, -0.05) is 47.5 Å². The zero-order chi connectivity index (χ0) is 20.5. The van der Waals surface area contributed by atoms with E-state index in [1.165, 1.54) is 12.3 Å². The second-order valence-electron chi connectivity index (χ2n) is 6.17. The molecule has 1 aromatic heterocycles. The first-order valence-corrected chi connectivity index (χ1v) is 10.3. The molecule has 1 heterocycles. The van der Waals surface area contributed by atoms with Gasteiger partial charge in [0.05, 0.1) is 32.4 Å². The summed E-state index contributed by atoms with van der Waals surface area (Å²) in [7, 11) is -1.66. The van der Waals surface area contributed by atoms with E-state index in [1.807, 2.05) is 6.07 Å². The monoisotopic (exact) mass is 440 g/mol. The van der Waals surface area contributed by atoms with Crippen LogP contribution in [0.25, 0.3) is 22.0 Å². The Morgan fingerprint density at radius 1 is 1.03 bits per heavy atom. The summed E-state index contributed by atoms with van der Waals surface area (Å²) in [6, 6.07) is 18.7. The van der Waals surface area contributed by atoms with Crippen LogP contribution in [0, 0.1) is 17.1 Å². The SMILES string of the molecule is N#Cc1cccc(S(=O)c2cnc3c(F)c(Cl)ccc3c2-c2cccc(Cl)c2)c1. The van der Waals surface area contributed by atoms with E-state index in [2.05, 4.69) is 4.98 Å². The zero-order valence-corrected chi connectivity index (χ0v) is 17.0. The van der Waals surface area contributed by atoms with Crippen molar-refractivity contribution in [2.45, 2.75) is 9.79 Å². The molecule has 1 unspecified atom stereocenters. The van der Waals surface area contributed by atoms with E-state index in [-0.39, 0.29) is 10.5 Å². The zero-order valence-electron chi connectivity index (χ0n) is 14.7. The van der Waals surface area contributed by atoms with Crippen molar-refractivity contribution in [2.75, 3.05) is 0 Å². The number of nitriles is 1. The minimum absolute atomic E-state index is 0.0439. The van der Waals surface area contributed by atoms with Crippen LogP contribution >= 0.6 is 23.2 Å². The fourth-order valence-corrected chi connectivity index (χ4v) is 4.67. The number of rotatable bonds is 3. The van der Waals surface area contributed by atoms with E-state index in [0.717, 1.165) is 0 Å². The lowest BCUT2D eigenvalue weighted by Gasteiger charge is -2.14. The summed E-state index contributed by atoms with van der Waals surface area (Å²) >= 11 is 12.1. The minimum atomic E-state index is -1.66. The van der Waals surface area contributed by atoms with Gasteiger partial charge in [-0.25, -0.2) is 8.60 Å². The van der Waals surface area contributed by atoms with Crippen LogP contribution in [0.3, 0.4) is 0 Å². The predicted molar refractivity (Wildman–Crippen MR) is 113 cm³/mol. The molecule has 3 nitrogen and oxygen atoms in total. The smallest absolute Gasteiger partial charge is 0.167 e. The lowest BCUT2D eigenvalue weighted by atomic mass is 10.0. The highest BCUT2D eigenvalue weighted by Gasteiger charge is 2.20. The van der Waals surface area contributed by atoms with E-state index in [0.29, 0.717) is 36.9 Å². The Balaban J connectivity index is 2.04. The molecule has 29 heavy (non-hydrogen) atoms. The lowest BCUT2D eigenvalue weighted by Crippen LogP contribution is -2.00. The first-order chi connectivity index (χ1) is 14.0. The van der Waals surface area contributed by atoms with Crippen molar-refractivity contribution in [2.24, 2.45) is 0 Å². The number of pyridine rings is 1. The maximum Gasteiger partial charge on any atom is 0.167 e. The Kier molecular flexibility index (Phi) is 5.33. The van der Waals surface area contributed by atoms with Gasteiger partial charge in [-0.05, 0) is 42.0 Å². The summed E-state index contributed by atoms with van der Waals surface area (Å²) in [6.07, 6.45) is 1.38. The largest absolute Gasteiger partial charge is 0.252 e. The van der Waals surface area contributed by atoms with E-state index in [1.54, 1.807) is 54.6 Å². The Labute approximate surface area is 178 Å². The molecule has 0 aliphatic heterocycles. The maximum absolute atomic E-state index is 14.6. The van der Waals surface area contributed by atoms with Crippen LogP contribution in [0.15, 0.2) is 76.7 Å². The average molecular weight is 441 g/mol. The molecule has 1 atom stereocenters. The molecule has 0 fully saturated rings. The van der Waals surface area contributed by atoms with Gasteiger partial charge in [0, 0.05) is 27.1 Å². The number of halogens is 3. The highest BCUT2D eigenvalue weighted by atomic mass is 35.5. The van der Waals surface area contributed by atoms with Crippen molar-refractivity contribution in [3.8, 4) is 17.2 Å². The maximum atomic E-state index is 14.6. The van der Waals surface area contributed by atoms with E-state index in [4.69, 9.17) is 28.5 Å². The molecular weight excluding hydrogens is 430 g/mol. The summed E-state index contributed by atoms with van der Waals surface area (Å²) in [6.45, 7) is 0. The lowest BCUT2D eigenvalue weighted by molar-refractivity contribution is 0.637. The molecule has 0 aliphatic rings. The number of hydrogen-bond donors (Lipinski definition) is 0. The average Bonchev–Trinajstić information content (AvgIpc) is 2.75. The van der Waals surface area contributed by atoms with E-state index in [9.17, 15) is 8.60 Å². The number of fused-ring (bicyclic) bond motifs is 1. The van der Waals surface area contributed by atoms with Gasteiger partial charge in [-0.15, -0.1) is 0 Å². The van der Waals surface area contributed by atoms with Crippen LogP contribution in [0.1, 0.15) is 5.56 Å². The van der Waals surface area contributed by atoms with E-state index < -0.39 is 16.6 Å². The molecule has 0 saturated heterocycles. The first kappa shape index (κ1) is 19.5. The highest BCUT2D eigenvalue weighted by molar-refractivity contribution is 7.85. The van der Waals surface area contributed by atoms with Gasteiger partial charge in [-0.2, -0.15) is 5.26 Å². The molecule has 0 radical (unpaired) electrons. The van der Waals surface area contributed by atoms with Crippen LogP contribution in [0.4, 0.5) is 4.39 Å². The number of aromatic nitrogens is 1. The minimum Gasteiger partial charge on any atom is -0.252 e. The van der Waals surface area contributed by atoms with Crippen molar-refractivity contribution < 1.29 is 8.60 Å². The summed E-state index contributed by atoms with van der Waals surface area (Å²) in [5, 5.41) is 10.1. The van der Waals surface area contributed by atoms with E-state index >= 15 is 0 Å². The van der Waals surface area contributed by atoms with Gasteiger partial charge in [0.25, 0.3) is 0 Å². The van der Waals surface area contributed by atoms with Crippen LogP contribution in [0.2, 0.25) is 10.0 Å². The second kappa shape index (κ2) is 7.92. The highest BCUT2D eigenvalue weighted by Crippen LogP contribution is 2.37. The summed E-state index contributed by atoms with van der Waals surface area (Å²) in [5.41, 5.74) is 1.70. The quantitative estimate of drug-likeness (QED) is 0.370. The summed E-state index contributed by atoms with van der Waals surface area (Å²) in [5.74, 6) is -0.642. The standard InChI is InChI=1S/C22H11Cl2FN2OS/c23-15-5-2-4-14(10-15)20-17-7-8-18(24)21(25)22(17)27-12-19(20)29(28)16-6-1-3-13(9-16)11-26/h1-10,12H. The van der Waals surface area contributed by atoms with Crippen LogP contribution in [-0.2, 0) is 10.8 Å². The van der Waals surface area contributed by atoms with Crippen LogP contribution in [-0.4, -0.2) is 9.19 Å². The van der Waals surface area contributed by atoms with Gasteiger partial charge in [0.2, 0.25) is 0 Å². The molecular formula is C22H11Cl2FN2OS. The molecule has 0 amide bonds. The van der Waals surface area contributed by atoms with Gasteiger partial charge in [0.15, 0.2) is 5.82 Å². The van der Waals surface area contributed by atoms with Gasteiger partial charge in [-0.3, -0.25) is 4.98 Å². The van der Waals surface area contributed by atoms with Crippen molar-refractivity contribution in [3.05, 3.63) is 88.3 Å². The third kappa shape index (κ3) is 3.63. The van der Waals surface area contributed by atoms with Gasteiger partial charge in [0.1, 0.15) is 5.52 Å². The third-order valence-electron chi connectivity index (χ3n) is 4.39. The van der Waals surface area contributed by atoms with Crippen LogP contribution in [0.5, 0.6) is 0 Å². The molecule has 0 N–H and O–H groups in total. The molecule has 142 valence electrons. The van der Waals surface area contributed by atoms with Crippen molar-refractivity contribution in [1.82, 2.24) is 4.98 Å². The second-order valence-corrected chi connectivity index (χ2v) is 8.47. The Bertz CT molecular complexity index is 1330. The van der Waals surface area contributed by atoms with Gasteiger partial charge < -0.3 is 0 Å². The molecule has 0 aliphatic carbocycles. The Hall–Kier alpha value is -2.78. The molecule has 4 rings (SSSR count). The molecule has 4 aromatic rings. The predicted octanol–water partition coefficient (Wildman–Crippen LogP) is 6.39. The molecule has 3 aromatic carbocycles. The summed E-state index contributed by atoms with van der Waals surface area (Å²) in [4.78, 5) is 5.02. The van der Waals surface area contributed by atoms with Crippen molar-refractivity contribution >= 4 is 44.9 Å². The molecule has 0 saturated carbocycles. The summed E-state index contributed by atoms with van der Waals surface area (Å²) < 4.78 is 28.0. The molecule has 0 bridgehead atoms. The fraction of sp³-hybridized carbons (Fsp3) is 0. The number of nitrogens with zero attached hydrogens (tertiary/aromatic N) is 2. The van der Waals surface area contributed by atoms with Crippen molar-refractivity contribution in [3.63, 3.8) is 0 Å². The Morgan fingerprint density at radius 3 is 2.59 bits per heavy atom. The van der Waals surface area contributed by atoms with Gasteiger partial charge >= 0.3 is 0 Å². The third-order valence-corrected chi connectivity index (χ3v) is 6.30. The number of benzene rings is 3. The van der Waals surface area contributed by atoms with Crippen molar-refractivity contribution in [1.29, 1.82) is 5.26 Å².